The van der Waals surface area contributed by atoms with Gasteiger partial charge in [0, 0.05) is 12.1 Å². The maximum absolute atomic E-state index is 12.9. The van der Waals surface area contributed by atoms with E-state index >= 15 is 0 Å². The predicted molar refractivity (Wildman–Crippen MR) is 101 cm³/mol. The molecule has 0 amide bonds. The van der Waals surface area contributed by atoms with Crippen molar-refractivity contribution in [3.63, 3.8) is 0 Å². The highest BCUT2D eigenvalue weighted by Gasteiger charge is 2.18. The highest BCUT2D eigenvalue weighted by atomic mass is 16.7. The molecule has 0 unspecified atom stereocenters. The van der Waals surface area contributed by atoms with Crippen LogP contribution < -0.4 is 15.2 Å². The maximum Gasteiger partial charge on any atom is 0.329 e. The standard InChI is InChI=1S/C20H18N4O4/c1-2-9-23-14-5-3-4-6-15(14)24(20(23)25)11-18-21-19(22-28-18)13-7-8-16-17(10-13)27-12-26-16/h3-8,10H,2,9,11-12H2,1H3. The smallest absolute Gasteiger partial charge is 0.329 e. The number of aryl methyl sites for hydroxylation is 1. The number of ether oxygens (including phenoxy) is 2. The van der Waals surface area contributed by atoms with Crippen molar-refractivity contribution in [1.82, 2.24) is 19.3 Å². The molecule has 142 valence electrons. The van der Waals surface area contributed by atoms with Gasteiger partial charge >= 0.3 is 5.69 Å². The molecule has 2 aromatic heterocycles. The number of para-hydroxylation sites is 2. The molecule has 0 spiro atoms. The van der Waals surface area contributed by atoms with E-state index in [1.54, 1.807) is 9.13 Å². The van der Waals surface area contributed by atoms with Gasteiger partial charge in [-0.05, 0) is 36.8 Å². The number of hydrogen-bond acceptors (Lipinski definition) is 6. The molecule has 28 heavy (non-hydrogen) atoms. The van der Waals surface area contributed by atoms with Crippen LogP contribution in [0.5, 0.6) is 11.5 Å². The molecular formula is C20H18N4O4. The first kappa shape index (κ1) is 16.6. The van der Waals surface area contributed by atoms with Crippen LogP contribution in [0.4, 0.5) is 0 Å². The van der Waals surface area contributed by atoms with E-state index in [4.69, 9.17) is 14.0 Å². The Morgan fingerprint density at radius 3 is 2.64 bits per heavy atom. The molecule has 1 aliphatic heterocycles. The summed E-state index contributed by atoms with van der Waals surface area (Å²) in [5.74, 6) is 2.17. The van der Waals surface area contributed by atoms with Crippen LogP contribution in [0, 0.1) is 0 Å². The van der Waals surface area contributed by atoms with Gasteiger partial charge in [-0.25, -0.2) is 4.79 Å². The van der Waals surface area contributed by atoms with Gasteiger partial charge in [-0.15, -0.1) is 0 Å². The summed E-state index contributed by atoms with van der Waals surface area (Å²) in [6.07, 6.45) is 0.878. The molecule has 5 rings (SSSR count). The monoisotopic (exact) mass is 378 g/mol. The van der Waals surface area contributed by atoms with E-state index in [1.165, 1.54) is 0 Å². The van der Waals surface area contributed by atoms with Gasteiger partial charge in [0.05, 0.1) is 11.0 Å². The maximum atomic E-state index is 12.9. The molecule has 0 N–H and O–H groups in total. The first-order chi connectivity index (χ1) is 13.7. The highest BCUT2D eigenvalue weighted by molar-refractivity contribution is 5.76. The molecular weight excluding hydrogens is 360 g/mol. The van der Waals surface area contributed by atoms with Crippen molar-refractivity contribution >= 4 is 11.0 Å². The molecule has 2 aromatic carbocycles. The Balaban J connectivity index is 1.50. The molecule has 0 saturated heterocycles. The molecule has 0 aliphatic carbocycles. The lowest BCUT2D eigenvalue weighted by Crippen LogP contribution is -2.24. The zero-order chi connectivity index (χ0) is 19.1. The number of benzene rings is 2. The van der Waals surface area contributed by atoms with Crippen molar-refractivity contribution in [3.05, 3.63) is 58.8 Å². The summed E-state index contributed by atoms with van der Waals surface area (Å²) in [7, 11) is 0. The second-order valence-corrected chi connectivity index (χ2v) is 6.59. The fraction of sp³-hybridized carbons (Fsp3) is 0.250. The van der Waals surface area contributed by atoms with Gasteiger partial charge in [0.2, 0.25) is 18.5 Å². The van der Waals surface area contributed by atoms with Crippen LogP contribution in [0.15, 0.2) is 51.8 Å². The molecule has 0 fully saturated rings. The third-order valence-corrected chi connectivity index (χ3v) is 4.76. The lowest BCUT2D eigenvalue weighted by Gasteiger charge is -1.99. The van der Waals surface area contributed by atoms with Crippen LogP contribution in [0.1, 0.15) is 19.2 Å². The fourth-order valence-corrected chi connectivity index (χ4v) is 3.47. The second kappa shape index (κ2) is 6.56. The van der Waals surface area contributed by atoms with Gasteiger partial charge in [0.15, 0.2) is 11.5 Å². The van der Waals surface area contributed by atoms with E-state index in [0.717, 1.165) is 23.0 Å². The van der Waals surface area contributed by atoms with E-state index < -0.39 is 0 Å². The van der Waals surface area contributed by atoms with Crippen LogP contribution in [0.25, 0.3) is 22.4 Å². The molecule has 8 heteroatoms. The molecule has 4 aromatic rings. The third-order valence-electron chi connectivity index (χ3n) is 4.76. The summed E-state index contributed by atoms with van der Waals surface area (Å²) in [5, 5.41) is 4.06. The number of imidazole rings is 1. The summed E-state index contributed by atoms with van der Waals surface area (Å²) >= 11 is 0. The lowest BCUT2D eigenvalue weighted by molar-refractivity contribution is 0.174. The summed E-state index contributed by atoms with van der Waals surface area (Å²) in [6.45, 7) is 3.14. The topological polar surface area (TPSA) is 84.3 Å². The van der Waals surface area contributed by atoms with Crippen LogP contribution in [0.3, 0.4) is 0 Å². The predicted octanol–water partition coefficient (Wildman–Crippen LogP) is 3.04. The molecule has 0 radical (unpaired) electrons. The number of hydrogen-bond donors (Lipinski definition) is 0. The normalized spacial score (nSPS) is 12.8. The van der Waals surface area contributed by atoms with E-state index in [0.29, 0.717) is 29.8 Å². The minimum atomic E-state index is -0.0779. The second-order valence-electron chi connectivity index (χ2n) is 6.59. The SMILES string of the molecule is CCCn1c(=O)n(Cc2nc(-c3ccc4c(c3)OCO4)no2)c2ccccc21. The van der Waals surface area contributed by atoms with Gasteiger partial charge in [-0.2, -0.15) is 4.98 Å². The largest absolute Gasteiger partial charge is 0.454 e. The van der Waals surface area contributed by atoms with E-state index in [2.05, 4.69) is 10.1 Å². The lowest BCUT2D eigenvalue weighted by atomic mass is 10.2. The number of aromatic nitrogens is 4. The zero-order valence-corrected chi connectivity index (χ0v) is 15.3. The van der Waals surface area contributed by atoms with Crippen molar-refractivity contribution < 1.29 is 14.0 Å². The van der Waals surface area contributed by atoms with Crippen LogP contribution in [-0.2, 0) is 13.1 Å². The Morgan fingerprint density at radius 2 is 1.82 bits per heavy atom. The molecule has 0 bridgehead atoms. The molecule has 8 nitrogen and oxygen atoms in total. The van der Waals surface area contributed by atoms with Gasteiger partial charge in [0.25, 0.3) is 0 Å². The van der Waals surface area contributed by atoms with Crippen molar-refractivity contribution in [2.45, 2.75) is 26.4 Å². The number of rotatable bonds is 5. The van der Waals surface area contributed by atoms with Gasteiger partial charge < -0.3 is 14.0 Å². The average molecular weight is 378 g/mol. The number of fused-ring (bicyclic) bond motifs is 2. The Bertz CT molecular complexity index is 1220. The third kappa shape index (κ3) is 2.65. The Kier molecular flexibility index (Phi) is 3.89. The van der Waals surface area contributed by atoms with Gasteiger partial charge in [-0.1, -0.05) is 24.2 Å². The van der Waals surface area contributed by atoms with Gasteiger partial charge in [-0.3, -0.25) is 9.13 Å². The van der Waals surface area contributed by atoms with Crippen molar-refractivity contribution in [2.75, 3.05) is 6.79 Å². The van der Waals surface area contributed by atoms with Crippen molar-refractivity contribution in [2.24, 2.45) is 0 Å². The summed E-state index contributed by atoms with van der Waals surface area (Å²) in [6, 6.07) is 13.2. The van der Waals surface area contributed by atoms with Crippen molar-refractivity contribution in [3.8, 4) is 22.9 Å². The summed E-state index contributed by atoms with van der Waals surface area (Å²) < 4.78 is 19.6. The number of nitrogens with zero attached hydrogens (tertiary/aromatic N) is 4. The summed E-state index contributed by atoms with van der Waals surface area (Å²) in [4.78, 5) is 17.4. The van der Waals surface area contributed by atoms with Crippen molar-refractivity contribution in [1.29, 1.82) is 0 Å². The Morgan fingerprint density at radius 1 is 1.04 bits per heavy atom. The summed E-state index contributed by atoms with van der Waals surface area (Å²) in [5.41, 5.74) is 2.44. The van der Waals surface area contributed by atoms with E-state index in [-0.39, 0.29) is 19.0 Å². The molecule has 0 saturated carbocycles. The Labute approximate surface area is 159 Å². The minimum absolute atomic E-state index is 0.0779. The van der Waals surface area contributed by atoms with Crippen LogP contribution in [-0.4, -0.2) is 26.1 Å². The van der Waals surface area contributed by atoms with Crippen LogP contribution in [0.2, 0.25) is 0 Å². The first-order valence-electron chi connectivity index (χ1n) is 9.15. The zero-order valence-electron chi connectivity index (χ0n) is 15.3. The van der Waals surface area contributed by atoms with Gasteiger partial charge in [0.1, 0.15) is 6.54 Å². The highest BCUT2D eigenvalue weighted by Crippen LogP contribution is 2.35. The molecule has 1 aliphatic rings. The minimum Gasteiger partial charge on any atom is -0.454 e. The fourth-order valence-electron chi connectivity index (χ4n) is 3.47. The average Bonchev–Trinajstić information content (AvgIpc) is 3.43. The Hall–Kier alpha value is -3.55. The molecule has 3 heterocycles. The first-order valence-corrected chi connectivity index (χ1v) is 9.15. The molecule has 0 atom stereocenters. The quantitative estimate of drug-likeness (QED) is 0.531. The van der Waals surface area contributed by atoms with E-state index in [9.17, 15) is 4.79 Å². The van der Waals surface area contributed by atoms with Crippen LogP contribution >= 0.6 is 0 Å². The van der Waals surface area contributed by atoms with E-state index in [1.807, 2.05) is 49.4 Å².